The van der Waals surface area contributed by atoms with Crippen LogP contribution in [-0.2, 0) is 6.54 Å². The highest BCUT2D eigenvalue weighted by atomic mass is 32.1. The van der Waals surface area contributed by atoms with Gasteiger partial charge in [0.25, 0.3) is 0 Å². The van der Waals surface area contributed by atoms with E-state index in [1.807, 2.05) is 29.6 Å². The predicted octanol–water partition coefficient (Wildman–Crippen LogP) is 3.24. The summed E-state index contributed by atoms with van der Waals surface area (Å²) >= 11 is 1.56. The molecule has 0 spiro atoms. The number of ether oxygens (including phenoxy) is 1. The molecule has 0 atom stereocenters. The minimum atomic E-state index is 0.661. The molecule has 1 aliphatic heterocycles. The van der Waals surface area contributed by atoms with Crippen LogP contribution in [0.4, 0.5) is 0 Å². The molecule has 0 saturated carbocycles. The molecule has 0 aliphatic carbocycles. The average Bonchev–Trinajstić information content (AvgIpc) is 3.19. The lowest BCUT2D eigenvalue weighted by atomic mass is 10.1. The second kappa shape index (κ2) is 6.86. The molecule has 0 N–H and O–H groups in total. The number of hydrogen-bond donors (Lipinski definition) is 0. The van der Waals surface area contributed by atoms with Crippen molar-refractivity contribution in [2.45, 2.75) is 32.7 Å². The summed E-state index contributed by atoms with van der Waals surface area (Å²) in [7, 11) is 0. The van der Waals surface area contributed by atoms with E-state index in [9.17, 15) is 0 Å². The molecule has 0 unspecified atom stereocenters. The van der Waals surface area contributed by atoms with E-state index in [2.05, 4.69) is 21.2 Å². The highest BCUT2D eigenvalue weighted by Gasteiger charge is 2.17. The Balaban J connectivity index is 1.60. The van der Waals surface area contributed by atoms with Gasteiger partial charge in [0.15, 0.2) is 5.82 Å². The Bertz CT molecular complexity index is 821. The van der Waals surface area contributed by atoms with Crippen LogP contribution in [0.25, 0.3) is 15.5 Å². The lowest BCUT2D eigenvalue weighted by molar-refractivity contribution is 0.214. The first-order chi connectivity index (χ1) is 11.8. The number of likely N-dealkylation sites (tertiary alicyclic amines) is 1. The van der Waals surface area contributed by atoms with E-state index in [4.69, 9.17) is 9.84 Å². The van der Waals surface area contributed by atoms with Crippen molar-refractivity contribution < 1.29 is 4.74 Å². The largest absolute Gasteiger partial charge is 0.494 e. The van der Waals surface area contributed by atoms with Crippen molar-refractivity contribution in [3.05, 3.63) is 30.1 Å². The van der Waals surface area contributed by atoms with Crippen molar-refractivity contribution in [1.29, 1.82) is 0 Å². The molecule has 2 aromatic heterocycles. The number of benzene rings is 1. The monoisotopic (exact) mass is 343 g/mol. The molecule has 24 heavy (non-hydrogen) atoms. The maximum atomic E-state index is 5.58. The van der Waals surface area contributed by atoms with Gasteiger partial charge in [0.1, 0.15) is 10.8 Å². The fourth-order valence-electron chi connectivity index (χ4n) is 3.08. The highest BCUT2D eigenvalue weighted by Crippen LogP contribution is 2.28. The van der Waals surface area contributed by atoms with Crippen molar-refractivity contribution >= 4 is 16.3 Å². The van der Waals surface area contributed by atoms with Crippen LogP contribution in [0.3, 0.4) is 0 Å². The highest BCUT2D eigenvalue weighted by molar-refractivity contribution is 7.19. The molecule has 7 heteroatoms. The van der Waals surface area contributed by atoms with Gasteiger partial charge in [-0.25, -0.2) is 0 Å². The third-order valence-electron chi connectivity index (χ3n) is 4.26. The topological polar surface area (TPSA) is 55.6 Å². The van der Waals surface area contributed by atoms with E-state index in [1.165, 1.54) is 19.3 Å². The molecule has 6 nitrogen and oxygen atoms in total. The van der Waals surface area contributed by atoms with Crippen LogP contribution in [0.1, 0.15) is 32.0 Å². The zero-order chi connectivity index (χ0) is 16.4. The number of hydrogen-bond acceptors (Lipinski definition) is 6. The average molecular weight is 343 g/mol. The van der Waals surface area contributed by atoms with Gasteiger partial charge < -0.3 is 4.74 Å². The molecular formula is C17H21N5OS. The predicted molar refractivity (Wildman–Crippen MR) is 94.4 cm³/mol. The lowest BCUT2D eigenvalue weighted by Gasteiger charge is -2.25. The Morgan fingerprint density at radius 2 is 2.04 bits per heavy atom. The van der Waals surface area contributed by atoms with Gasteiger partial charge in [-0.15, -0.1) is 10.2 Å². The van der Waals surface area contributed by atoms with Gasteiger partial charge in [0, 0.05) is 5.56 Å². The van der Waals surface area contributed by atoms with E-state index in [1.54, 1.807) is 11.3 Å². The number of aromatic nitrogens is 4. The van der Waals surface area contributed by atoms with Crippen LogP contribution >= 0.6 is 11.3 Å². The normalized spacial score (nSPS) is 15.9. The van der Waals surface area contributed by atoms with Gasteiger partial charge in [-0.3, -0.25) is 4.90 Å². The maximum absolute atomic E-state index is 5.58. The molecule has 3 heterocycles. The summed E-state index contributed by atoms with van der Waals surface area (Å²) < 4.78 is 7.47. The minimum Gasteiger partial charge on any atom is -0.494 e. The Labute approximate surface area is 145 Å². The molecule has 0 bridgehead atoms. The third-order valence-corrected chi connectivity index (χ3v) is 5.21. The molecule has 1 aromatic carbocycles. The van der Waals surface area contributed by atoms with E-state index in [-0.39, 0.29) is 0 Å². The first kappa shape index (κ1) is 15.5. The van der Waals surface area contributed by atoms with Crippen molar-refractivity contribution in [3.8, 4) is 16.3 Å². The maximum Gasteiger partial charge on any atom is 0.235 e. The summed E-state index contributed by atoms with van der Waals surface area (Å²) in [5, 5.41) is 14.3. The molecule has 1 aliphatic rings. The fraction of sp³-hybridized carbons (Fsp3) is 0.471. The second-order valence-electron chi connectivity index (χ2n) is 6.02. The van der Waals surface area contributed by atoms with E-state index in [0.717, 1.165) is 46.7 Å². The Morgan fingerprint density at radius 1 is 1.17 bits per heavy atom. The van der Waals surface area contributed by atoms with Crippen LogP contribution < -0.4 is 4.74 Å². The molecule has 1 fully saturated rings. The van der Waals surface area contributed by atoms with Crippen molar-refractivity contribution in [1.82, 2.24) is 24.7 Å². The molecule has 0 radical (unpaired) electrons. The summed E-state index contributed by atoms with van der Waals surface area (Å²) in [5.74, 6) is 1.80. The van der Waals surface area contributed by atoms with Crippen LogP contribution in [0.2, 0.25) is 0 Å². The van der Waals surface area contributed by atoms with Crippen molar-refractivity contribution in [2.75, 3.05) is 19.7 Å². The minimum absolute atomic E-state index is 0.661. The smallest absolute Gasteiger partial charge is 0.235 e. The Morgan fingerprint density at radius 3 is 2.88 bits per heavy atom. The standard InChI is InChI=1S/C17H21N5OS/c1-2-23-14-8-6-7-13(11-14)16-20-22-15(18-19-17(22)24-16)12-21-9-4-3-5-10-21/h6-8,11H,2-5,9-10,12H2,1H3. The summed E-state index contributed by atoms with van der Waals surface area (Å²) in [6.45, 7) is 5.76. The van der Waals surface area contributed by atoms with Crippen molar-refractivity contribution in [3.63, 3.8) is 0 Å². The van der Waals surface area contributed by atoms with Gasteiger partial charge in [-0.1, -0.05) is 29.9 Å². The van der Waals surface area contributed by atoms with Gasteiger partial charge in [-0.05, 0) is 45.0 Å². The zero-order valence-electron chi connectivity index (χ0n) is 13.8. The fourth-order valence-corrected chi connectivity index (χ4v) is 3.93. The molecule has 1 saturated heterocycles. The van der Waals surface area contributed by atoms with Gasteiger partial charge in [0.05, 0.1) is 13.2 Å². The quantitative estimate of drug-likeness (QED) is 0.712. The number of fused-ring (bicyclic) bond motifs is 1. The van der Waals surface area contributed by atoms with E-state index >= 15 is 0 Å². The summed E-state index contributed by atoms with van der Waals surface area (Å²) in [5.41, 5.74) is 1.06. The second-order valence-corrected chi connectivity index (χ2v) is 6.97. The third kappa shape index (κ3) is 3.14. The van der Waals surface area contributed by atoms with Crippen LogP contribution in [0, 0.1) is 0 Å². The summed E-state index contributed by atoms with van der Waals surface area (Å²) in [6, 6.07) is 8.05. The van der Waals surface area contributed by atoms with E-state index in [0.29, 0.717) is 6.61 Å². The Kier molecular flexibility index (Phi) is 4.44. The summed E-state index contributed by atoms with van der Waals surface area (Å²) in [6.07, 6.45) is 3.88. The van der Waals surface area contributed by atoms with Crippen LogP contribution in [0.5, 0.6) is 5.75 Å². The van der Waals surface area contributed by atoms with Crippen LogP contribution in [0.15, 0.2) is 24.3 Å². The first-order valence-electron chi connectivity index (χ1n) is 8.50. The van der Waals surface area contributed by atoms with Gasteiger partial charge >= 0.3 is 0 Å². The number of nitrogens with zero attached hydrogens (tertiary/aromatic N) is 5. The zero-order valence-corrected chi connectivity index (χ0v) is 14.6. The van der Waals surface area contributed by atoms with Crippen LogP contribution in [-0.4, -0.2) is 44.4 Å². The molecular weight excluding hydrogens is 322 g/mol. The van der Waals surface area contributed by atoms with E-state index < -0.39 is 0 Å². The molecule has 4 rings (SSSR count). The lowest BCUT2D eigenvalue weighted by Crippen LogP contribution is -2.30. The summed E-state index contributed by atoms with van der Waals surface area (Å²) in [4.78, 5) is 3.29. The van der Waals surface area contributed by atoms with Crippen molar-refractivity contribution in [2.24, 2.45) is 0 Å². The number of rotatable bonds is 5. The van der Waals surface area contributed by atoms with Gasteiger partial charge in [0.2, 0.25) is 4.96 Å². The van der Waals surface area contributed by atoms with Gasteiger partial charge in [-0.2, -0.15) is 9.61 Å². The molecule has 126 valence electrons. The molecule has 0 amide bonds. The molecule has 3 aromatic rings. The Hall–Kier alpha value is -1.99. The SMILES string of the molecule is CCOc1cccc(-c2nn3c(CN4CCCCC4)nnc3s2)c1. The number of piperidine rings is 1. The first-order valence-corrected chi connectivity index (χ1v) is 9.32.